The molecule has 1 heterocycles. The largest absolute Gasteiger partial charge is 0.500 e. The van der Waals surface area contributed by atoms with Crippen LogP contribution < -0.4 is 10.1 Å². The molecule has 1 fully saturated rings. The van der Waals surface area contributed by atoms with Crippen molar-refractivity contribution < 1.29 is 19.6 Å². The molecule has 0 unspecified atom stereocenters. The van der Waals surface area contributed by atoms with Gasteiger partial charge in [-0.15, -0.1) is 0 Å². The predicted molar refractivity (Wildman–Crippen MR) is 93.3 cm³/mol. The Balaban J connectivity index is 1.85. The van der Waals surface area contributed by atoms with Crippen molar-refractivity contribution in [1.29, 1.82) is 0 Å². The number of hydrogen-bond donors (Lipinski definition) is 2. The molecule has 1 saturated carbocycles. The summed E-state index contributed by atoms with van der Waals surface area (Å²) in [4.78, 5) is 25.4. The summed E-state index contributed by atoms with van der Waals surface area (Å²) in [7, 11) is 1.33. The molecular formula is C18H17N3O5. The molecule has 0 saturated heterocycles. The molecule has 1 amide bonds. The van der Waals surface area contributed by atoms with Crippen LogP contribution in [0.4, 0.5) is 11.4 Å². The van der Waals surface area contributed by atoms with Crippen LogP contribution in [0, 0.1) is 10.1 Å². The molecule has 2 aliphatic rings. The number of carbonyl (C=O) groups is 1. The van der Waals surface area contributed by atoms with Crippen molar-refractivity contribution in [2.75, 3.05) is 12.4 Å². The predicted octanol–water partition coefficient (Wildman–Crippen LogP) is 3.04. The number of fused-ring (bicyclic) bond motifs is 1. The van der Waals surface area contributed by atoms with E-state index in [0.717, 1.165) is 12.8 Å². The number of carbonyl (C=O) groups excluding carboxylic acids is 1. The third-order valence-electron chi connectivity index (χ3n) is 4.71. The van der Waals surface area contributed by atoms with Gasteiger partial charge < -0.3 is 20.1 Å². The summed E-state index contributed by atoms with van der Waals surface area (Å²) >= 11 is 0. The van der Waals surface area contributed by atoms with Gasteiger partial charge in [-0.2, -0.15) is 0 Å². The first-order valence-electron chi connectivity index (χ1n) is 8.24. The molecule has 0 spiro atoms. The molecule has 1 atom stereocenters. The highest BCUT2D eigenvalue weighted by molar-refractivity contribution is 6.02. The van der Waals surface area contributed by atoms with Crippen LogP contribution in [-0.2, 0) is 0 Å². The monoisotopic (exact) mass is 355 g/mol. The lowest BCUT2D eigenvalue weighted by atomic mass is 10.0. The minimum absolute atomic E-state index is 0.00180. The Labute approximate surface area is 149 Å². The Morgan fingerprint density at radius 2 is 2.04 bits per heavy atom. The van der Waals surface area contributed by atoms with Gasteiger partial charge in [-0.3, -0.25) is 14.9 Å². The van der Waals surface area contributed by atoms with Crippen molar-refractivity contribution in [2.24, 2.45) is 0 Å². The Hall–Kier alpha value is -3.29. The zero-order chi connectivity index (χ0) is 18.4. The second-order valence-electron chi connectivity index (χ2n) is 6.38. The van der Waals surface area contributed by atoms with E-state index in [4.69, 9.17) is 4.74 Å². The number of ether oxygens (including phenoxy) is 1. The fourth-order valence-electron chi connectivity index (χ4n) is 3.31. The number of nitro benzene ring substituents is 1. The number of phenolic OH excluding ortho intramolecular Hbond substituents is 1. The number of nitrogens with one attached hydrogen (secondary N) is 1. The first-order chi connectivity index (χ1) is 12.5. The van der Waals surface area contributed by atoms with Gasteiger partial charge in [-0.25, -0.2) is 0 Å². The molecular weight excluding hydrogens is 338 g/mol. The maximum Gasteiger partial charge on any atom is 0.315 e. The number of nitrogens with zero attached hydrogens (tertiary/aromatic N) is 2. The Kier molecular flexibility index (Phi) is 3.68. The van der Waals surface area contributed by atoms with Crippen LogP contribution in [0.15, 0.2) is 36.4 Å². The first-order valence-corrected chi connectivity index (χ1v) is 8.24. The lowest BCUT2D eigenvalue weighted by Gasteiger charge is -2.38. The van der Waals surface area contributed by atoms with E-state index in [0.29, 0.717) is 16.8 Å². The standard InChI is InChI=1S/C18H17N3O5/c1-26-15-9-10(8-14(16(15)22)21(24)25)17-19-13-5-3-2-4-12(13)18(23)20(17)11-6-7-11/h2-5,8-9,11,17,19,22H,6-7H2,1H3/t17-/m1/s1. The number of para-hydroxylation sites is 1. The highest BCUT2D eigenvalue weighted by atomic mass is 16.6. The number of amides is 1. The Bertz CT molecular complexity index is 910. The normalized spacial score (nSPS) is 18.9. The van der Waals surface area contributed by atoms with Crippen molar-refractivity contribution >= 4 is 17.3 Å². The number of anilines is 1. The summed E-state index contributed by atoms with van der Waals surface area (Å²) in [6.45, 7) is 0. The number of phenols is 1. The van der Waals surface area contributed by atoms with Crippen molar-refractivity contribution in [3.63, 3.8) is 0 Å². The fourth-order valence-corrected chi connectivity index (χ4v) is 3.31. The molecule has 8 heteroatoms. The Morgan fingerprint density at radius 3 is 2.69 bits per heavy atom. The second kappa shape index (κ2) is 5.91. The molecule has 134 valence electrons. The van der Waals surface area contributed by atoms with Crippen LogP contribution in [0.5, 0.6) is 11.5 Å². The van der Waals surface area contributed by atoms with E-state index in [1.807, 2.05) is 6.07 Å². The highest BCUT2D eigenvalue weighted by Gasteiger charge is 2.42. The van der Waals surface area contributed by atoms with E-state index in [-0.39, 0.29) is 17.7 Å². The maximum absolute atomic E-state index is 13.0. The number of rotatable bonds is 4. The van der Waals surface area contributed by atoms with Crippen molar-refractivity contribution in [2.45, 2.75) is 25.0 Å². The van der Waals surface area contributed by atoms with Gasteiger partial charge in [0, 0.05) is 23.4 Å². The summed E-state index contributed by atoms with van der Waals surface area (Å²) < 4.78 is 5.09. The second-order valence-corrected chi connectivity index (χ2v) is 6.38. The van der Waals surface area contributed by atoms with Gasteiger partial charge in [-0.05, 0) is 31.0 Å². The van der Waals surface area contributed by atoms with E-state index in [1.165, 1.54) is 19.2 Å². The average Bonchev–Trinajstić information content (AvgIpc) is 3.46. The van der Waals surface area contributed by atoms with Crippen LogP contribution in [-0.4, -0.2) is 34.0 Å². The number of benzene rings is 2. The molecule has 1 aliphatic heterocycles. The molecule has 1 aliphatic carbocycles. The van der Waals surface area contributed by atoms with Crippen molar-refractivity contribution in [3.05, 3.63) is 57.6 Å². The van der Waals surface area contributed by atoms with E-state index < -0.39 is 22.5 Å². The molecule has 0 aromatic heterocycles. The van der Waals surface area contributed by atoms with Gasteiger partial charge in [0.2, 0.25) is 5.75 Å². The molecule has 2 aromatic carbocycles. The zero-order valence-electron chi connectivity index (χ0n) is 14.0. The molecule has 2 N–H and O–H groups in total. The van der Waals surface area contributed by atoms with E-state index in [9.17, 15) is 20.0 Å². The van der Waals surface area contributed by atoms with Crippen LogP contribution in [0.1, 0.15) is 34.9 Å². The van der Waals surface area contributed by atoms with E-state index >= 15 is 0 Å². The SMILES string of the molecule is COc1cc([C@@H]2Nc3ccccc3C(=O)N2C2CC2)cc([N+](=O)[O-])c1O. The van der Waals surface area contributed by atoms with Crippen LogP contribution in [0.25, 0.3) is 0 Å². The number of aromatic hydroxyl groups is 1. The molecule has 0 bridgehead atoms. The average molecular weight is 355 g/mol. The summed E-state index contributed by atoms with van der Waals surface area (Å²) in [6.07, 6.45) is 1.21. The van der Waals surface area contributed by atoms with Crippen molar-refractivity contribution in [3.8, 4) is 11.5 Å². The van der Waals surface area contributed by atoms with Crippen LogP contribution in [0.3, 0.4) is 0 Å². The molecule has 26 heavy (non-hydrogen) atoms. The number of nitro groups is 1. The minimum atomic E-state index is -0.665. The van der Waals surface area contributed by atoms with Gasteiger partial charge in [-0.1, -0.05) is 12.1 Å². The highest BCUT2D eigenvalue weighted by Crippen LogP contribution is 2.44. The van der Waals surface area contributed by atoms with Crippen LogP contribution in [0.2, 0.25) is 0 Å². The van der Waals surface area contributed by atoms with E-state index in [1.54, 1.807) is 23.1 Å². The lowest BCUT2D eigenvalue weighted by Crippen LogP contribution is -2.44. The first kappa shape index (κ1) is 16.2. The summed E-state index contributed by atoms with van der Waals surface area (Å²) in [5, 5.41) is 24.6. The van der Waals surface area contributed by atoms with Gasteiger partial charge in [0.15, 0.2) is 5.75 Å². The third-order valence-corrected chi connectivity index (χ3v) is 4.71. The summed E-state index contributed by atoms with van der Waals surface area (Å²) in [5.74, 6) is -0.638. The minimum Gasteiger partial charge on any atom is -0.500 e. The number of methoxy groups -OCH3 is 1. The summed E-state index contributed by atoms with van der Waals surface area (Å²) in [5.41, 5.74) is 1.29. The molecule has 2 aromatic rings. The molecule has 0 radical (unpaired) electrons. The fraction of sp³-hybridized carbons (Fsp3) is 0.278. The van der Waals surface area contributed by atoms with Gasteiger partial charge >= 0.3 is 5.69 Å². The Morgan fingerprint density at radius 1 is 1.31 bits per heavy atom. The third kappa shape index (κ3) is 2.50. The van der Waals surface area contributed by atoms with Gasteiger partial charge in [0.25, 0.3) is 5.91 Å². The molecule has 4 rings (SSSR count). The summed E-state index contributed by atoms with van der Waals surface area (Å²) in [6, 6.07) is 10.1. The van der Waals surface area contributed by atoms with Crippen molar-refractivity contribution in [1.82, 2.24) is 4.90 Å². The van der Waals surface area contributed by atoms with Gasteiger partial charge in [0.05, 0.1) is 17.6 Å². The smallest absolute Gasteiger partial charge is 0.315 e. The maximum atomic E-state index is 13.0. The van der Waals surface area contributed by atoms with Crippen LogP contribution >= 0.6 is 0 Å². The zero-order valence-corrected chi connectivity index (χ0v) is 14.0. The quantitative estimate of drug-likeness (QED) is 0.645. The number of hydrogen-bond acceptors (Lipinski definition) is 6. The topological polar surface area (TPSA) is 105 Å². The van der Waals surface area contributed by atoms with Gasteiger partial charge in [0.1, 0.15) is 6.17 Å². The molecule has 8 nitrogen and oxygen atoms in total. The van der Waals surface area contributed by atoms with E-state index in [2.05, 4.69) is 5.32 Å². The lowest BCUT2D eigenvalue weighted by molar-refractivity contribution is -0.386.